The number of carbonyl (C=O) groups is 1. The third kappa shape index (κ3) is 5.11. The molecule has 3 rings (SSSR count). The van der Waals surface area contributed by atoms with Gasteiger partial charge in [0.05, 0.1) is 6.42 Å². The Bertz CT molecular complexity index is 575. The van der Waals surface area contributed by atoms with Gasteiger partial charge < -0.3 is 14.5 Å². The zero-order chi connectivity index (χ0) is 17.9. The molecule has 2 aliphatic rings. The number of likely N-dealkylation sites (tertiary alicyclic amines) is 2. The summed E-state index contributed by atoms with van der Waals surface area (Å²) < 4.78 is 40.3. The van der Waals surface area contributed by atoms with E-state index in [0.717, 1.165) is 25.9 Å². The van der Waals surface area contributed by atoms with E-state index in [-0.39, 0.29) is 18.1 Å². The van der Waals surface area contributed by atoms with E-state index >= 15 is 0 Å². The Morgan fingerprint density at radius 3 is 2.20 bits per heavy atom. The number of ether oxygens (including phenoxy) is 1. The molecule has 1 aromatic rings. The van der Waals surface area contributed by atoms with Crippen molar-refractivity contribution in [2.24, 2.45) is 0 Å². The van der Waals surface area contributed by atoms with Crippen molar-refractivity contribution in [3.63, 3.8) is 0 Å². The highest BCUT2D eigenvalue weighted by Crippen LogP contribution is 2.24. The van der Waals surface area contributed by atoms with Crippen molar-refractivity contribution in [3.8, 4) is 5.75 Å². The third-order valence-corrected chi connectivity index (χ3v) is 4.99. The molecule has 2 saturated heterocycles. The summed E-state index contributed by atoms with van der Waals surface area (Å²) in [6, 6.07) is 6.10. The molecule has 0 radical (unpaired) electrons. The van der Waals surface area contributed by atoms with E-state index in [4.69, 9.17) is 0 Å². The van der Waals surface area contributed by atoms with E-state index < -0.39 is 6.36 Å². The predicted molar refractivity (Wildman–Crippen MR) is 87.2 cm³/mol. The maximum Gasteiger partial charge on any atom is 0.573 e. The molecule has 7 heteroatoms. The molecule has 0 bridgehead atoms. The number of carbonyl (C=O) groups excluding carboxylic acids is 1. The normalized spacial score (nSPS) is 20.0. The first-order chi connectivity index (χ1) is 11.9. The van der Waals surface area contributed by atoms with Crippen LogP contribution in [0.4, 0.5) is 13.2 Å². The van der Waals surface area contributed by atoms with Gasteiger partial charge in [-0.05, 0) is 56.5 Å². The first kappa shape index (κ1) is 18.0. The lowest BCUT2D eigenvalue weighted by Gasteiger charge is -2.36. The number of amides is 1. The molecule has 1 aromatic carbocycles. The van der Waals surface area contributed by atoms with E-state index in [1.165, 1.54) is 50.2 Å². The summed E-state index contributed by atoms with van der Waals surface area (Å²) in [5, 5.41) is 0. The quantitative estimate of drug-likeness (QED) is 0.831. The summed E-state index contributed by atoms with van der Waals surface area (Å²) >= 11 is 0. The molecule has 0 atom stereocenters. The average Bonchev–Trinajstić information content (AvgIpc) is 3.10. The largest absolute Gasteiger partial charge is 0.573 e. The van der Waals surface area contributed by atoms with Crippen molar-refractivity contribution in [2.75, 3.05) is 26.2 Å². The van der Waals surface area contributed by atoms with Crippen LogP contribution in [0.25, 0.3) is 0 Å². The number of alkyl halides is 3. The van der Waals surface area contributed by atoms with Crippen molar-refractivity contribution < 1.29 is 22.7 Å². The Labute approximate surface area is 145 Å². The van der Waals surface area contributed by atoms with Crippen LogP contribution < -0.4 is 4.74 Å². The van der Waals surface area contributed by atoms with Gasteiger partial charge in [-0.3, -0.25) is 4.79 Å². The number of piperidine rings is 1. The minimum absolute atomic E-state index is 0.0318. The lowest BCUT2D eigenvalue weighted by atomic mass is 10.0. The maximum absolute atomic E-state index is 12.4. The van der Waals surface area contributed by atoms with Gasteiger partial charge in [-0.1, -0.05) is 12.1 Å². The standard InChI is InChI=1S/C18H23F3N2O2/c19-18(20,21)25-16-5-3-14(4-6-16)13-17(24)23-11-7-15(8-12-23)22-9-1-2-10-22/h3-6,15H,1-2,7-13H2. The topological polar surface area (TPSA) is 32.8 Å². The van der Waals surface area contributed by atoms with Crippen molar-refractivity contribution in [3.05, 3.63) is 29.8 Å². The highest BCUT2D eigenvalue weighted by Gasteiger charge is 2.31. The van der Waals surface area contributed by atoms with E-state index in [1.807, 2.05) is 4.90 Å². The van der Waals surface area contributed by atoms with Gasteiger partial charge in [-0.25, -0.2) is 0 Å². The van der Waals surface area contributed by atoms with Crippen LogP contribution in [0.5, 0.6) is 5.75 Å². The fourth-order valence-corrected chi connectivity index (χ4v) is 3.68. The minimum Gasteiger partial charge on any atom is -0.406 e. The zero-order valence-electron chi connectivity index (χ0n) is 14.1. The Kier molecular flexibility index (Phi) is 5.51. The Hall–Kier alpha value is -1.76. The molecule has 1 amide bonds. The van der Waals surface area contributed by atoms with Gasteiger partial charge in [0.1, 0.15) is 5.75 Å². The fraction of sp³-hybridized carbons (Fsp3) is 0.611. The van der Waals surface area contributed by atoms with Crippen molar-refractivity contribution >= 4 is 5.91 Å². The molecule has 2 aliphatic heterocycles. The number of rotatable bonds is 4. The minimum atomic E-state index is -4.70. The molecule has 2 heterocycles. The summed E-state index contributed by atoms with van der Waals surface area (Å²) in [4.78, 5) is 16.8. The van der Waals surface area contributed by atoms with Crippen LogP contribution in [0.1, 0.15) is 31.2 Å². The number of nitrogens with zero attached hydrogens (tertiary/aromatic N) is 2. The van der Waals surface area contributed by atoms with E-state index in [2.05, 4.69) is 9.64 Å². The van der Waals surface area contributed by atoms with Crippen LogP contribution in [0, 0.1) is 0 Å². The molecule has 0 aliphatic carbocycles. The molecule has 138 valence electrons. The summed E-state index contributed by atoms with van der Waals surface area (Å²) in [6.45, 7) is 3.86. The van der Waals surface area contributed by atoms with Gasteiger partial charge in [-0.2, -0.15) is 0 Å². The number of benzene rings is 1. The summed E-state index contributed by atoms with van der Waals surface area (Å²) in [7, 11) is 0. The van der Waals surface area contributed by atoms with E-state index in [0.29, 0.717) is 11.6 Å². The second-order valence-corrected chi connectivity index (χ2v) is 6.72. The molecule has 0 aromatic heterocycles. The fourth-order valence-electron chi connectivity index (χ4n) is 3.68. The number of hydrogen-bond donors (Lipinski definition) is 0. The molecule has 4 nitrogen and oxygen atoms in total. The molecular weight excluding hydrogens is 333 g/mol. The first-order valence-electron chi connectivity index (χ1n) is 8.77. The molecule has 0 N–H and O–H groups in total. The van der Waals surface area contributed by atoms with Crippen molar-refractivity contribution in [1.29, 1.82) is 0 Å². The monoisotopic (exact) mass is 356 g/mol. The second-order valence-electron chi connectivity index (χ2n) is 6.72. The lowest BCUT2D eigenvalue weighted by Crippen LogP contribution is -2.46. The first-order valence-corrected chi connectivity index (χ1v) is 8.77. The SMILES string of the molecule is O=C(Cc1ccc(OC(F)(F)F)cc1)N1CCC(N2CCCC2)CC1. The third-order valence-electron chi connectivity index (χ3n) is 4.99. The van der Waals surface area contributed by atoms with Crippen LogP contribution in [0.2, 0.25) is 0 Å². The Balaban J connectivity index is 1.47. The van der Waals surface area contributed by atoms with Crippen LogP contribution in [0.15, 0.2) is 24.3 Å². The summed E-state index contributed by atoms with van der Waals surface area (Å²) in [5.74, 6) is -0.237. The van der Waals surface area contributed by atoms with Gasteiger partial charge in [0.2, 0.25) is 5.91 Å². The number of hydrogen-bond acceptors (Lipinski definition) is 3. The second kappa shape index (κ2) is 7.64. The highest BCUT2D eigenvalue weighted by atomic mass is 19.4. The van der Waals surface area contributed by atoms with Gasteiger partial charge >= 0.3 is 6.36 Å². The van der Waals surface area contributed by atoms with E-state index in [1.54, 1.807) is 0 Å². The molecule has 0 saturated carbocycles. The van der Waals surface area contributed by atoms with Crippen molar-refractivity contribution in [2.45, 2.75) is 44.5 Å². The van der Waals surface area contributed by atoms with Crippen LogP contribution in [-0.2, 0) is 11.2 Å². The van der Waals surface area contributed by atoms with Crippen molar-refractivity contribution in [1.82, 2.24) is 9.80 Å². The van der Waals surface area contributed by atoms with Gasteiger partial charge in [0.25, 0.3) is 0 Å². The van der Waals surface area contributed by atoms with Gasteiger partial charge in [0, 0.05) is 19.1 Å². The smallest absolute Gasteiger partial charge is 0.406 e. The zero-order valence-corrected chi connectivity index (χ0v) is 14.1. The van der Waals surface area contributed by atoms with Crippen LogP contribution in [-0.4, -0.2) is 54.3 Å². The molecule has 2 fully saturated rings. The Morgan fingerprint density at radius 1 is 1.04 bits per heavy atom. The average molecular weight is 356 g/mol. The Morgan fingerprint density at radius 2 is 1.64 bits per heavy atom. The predicted octanol–water partition coefficient (Wildman–Crippen LogP) is 3.21. The lowest BCUT2D eigenvalue weighted by molar-refractivity contribution is -0.274. The molecule has 0 unspecified atom stereocenters. The van der Waals surface area contributed by atoms with Crippen LogP contribution in [0.3, 0.4) is 0 Å². The highest BCUT2D eigenvalue weighted by molar-refractivity contribution is 5.78. The maximum atomic E-state index is 12.4. The van der Waals surface area contributed by atoms with Gasteiger partial charge in [0.15, 0.2) is 0 Å². The summed E-state index contributed by atoms with van der Waals surface area (Å²) in [5.41, 5.74) is 0.696. The molecule has 25 heavy (non-hydrogen) atoms. The van der Waals surface area contributed by atoms with E-state index in [9.17, 15) is 18.0 Å². The number of halogens is 3. The molecule has 0 spiro atoms. The van der Waals surface area contributed by atoms with Crippen LogP contribution >= 0.6 is 0 Å². The molecular formula is C18H23F3N2O2. The van der Waals surface area contributed by atoms with Gasteiger partial charge in [-0.15, -0.1) is 13.2 Å². The summed E-state index contributed by atoms with van der Waals surface area (Å²) in [6.07, 6.45) is 0.0618.